The first kappa shape index (κ1) is 17.8. The fourth-order valence-corrected chi connectivity index (χ4v) is 2.88. The molecule has 134 valence electrons. The van der Waals surface area contributed by atoms with Crippen LogP contribution in [-0.4, -0.2) is 29.0 Å². The molecule has 0 N–H and O–H groups in total. The van der Waals surface area contributed by atoms with Crippen LogP contribution in [0.3, 0.4) is 0 Å². The van der Waals surface area contributed by atoms with Gasteiger partial charge in [-0.05, 0) is 23.6 Å². The predicted molar refractivity (Wildman–Crippen MR) is 94.0 cm³/mol. The lowest BCUT2D eigenvalue weighted by atomic mass is 10.2. The molecule has 0 saturated heterocycles. The minimum absolute atomic E-state index is 0.00755. The molecule has 2 aromatic heterocycles. The molecule has 0 saturated carbocycles. The first-order valence-corrected chi connectivity index (χ1v) is 8.73. The number of hydrogen-bond acceptors (Lipinski definition) is 8. The summed E-state index contributed by atoms with van der Waals surface area (Å²) >= 11 is 1.35. The lowest BCUT2D eigenvalue weighted by Crippen LogP contribution is -2.07. The lowest BCUT2D eigenvalue weighted by molar-refractivity contribution is -0.145. The number of carbonyl (C=O) groups excluding carboxylic acids is 2. The minimum Gasteiger partial charge on any atom is -0.497 e. The van der Waals surface area contributed by atoms with Crippen LogP contribution in [0.1, 0.15) is 28.4 Å². The number of nitrogens with zero attached hydrogens (tertiary/aromatic N) is 2. The summed E-state index contributed by atoms with van der Waals surface area (Å²) in [6, 6.07) is 10.7. The Morgan fingerprint density at radius 1 is 1.19 bits per heavy atom. The van der Waals surface area contributed by atoms with Crippen molar-refractivity contribution in [2.75, 3.05) is 7.11 Å². The largest absolute Gasteiger partial charge is 0.497 e. The molecule has 0 aliphatic carbocycles. The van der Waals surface area contributed by atoms with Crippen LogP contribution >= 0.6 is 11.3 Å². The van der Waals surface area contributed by atoms with E-state index in [1.54, 1.807) is 25.3 Å². The van der Waals surface area contributed by atoms with E-state index in [1.807, 2.05) is 23.6 Å². The van der Waals surface area contributed by atoms with Gasteiger partial charge in [0.1, 0.15) is 5.75 Å². The quantitative estimate of drug-likeness (QED) is 0.441. The molecule has 0 amide bonds. The van der Waals surface area contributed by atoms with E-state index in [2.05, 4.69) is 10.1 Å². The van der Waals surface area contributed by atoms with Crippen molar-refractivity contribution in [1.29, 1.82) is 0 Å². The highest BCUT2D eigenvalue weighted by molar-refractivity contribution is 7.12. The van der Waals surface area contributed by atoms with E-state index in [-0.39, 0.29) is 31.1 Å². The number of esters is 1. The molecule has 1 aromatic carbocycles. The van der Waals surface area contributed by atoms with E-state index in [4.69, 9.17) is 14.0 Å². The SMILES string of the molecule is COc1cccc(-c2noc(COC(=O)CCC(=O)c3cccs3)n2)c1. The summed E-state index contributed by atoms with van der Waals surface area (Å²) in [4.78, 5) is 28.4. The summed E-state index contributed by atoms with van der Waals surface area (Å²) in [5.74, 6) is 0.672. The van der Waals surface area contributed by atoms with Gasteiger partial charge in [0, 0.05) is 12.0 Å². The molecule has 0 atom stereocenters. The van der Waals surface area contributed by atoms with Crippen LogP contribution < -0.4 is 4.74 Å². The highest BCUT2D eigenvalue weighted by Crippen LogP contribution is 2.21. The molecule has 0 spiro atoms. The zero-order valence-electron chi connectivity index (χ0n) is 14.0. The second kappa shape index (κ2) is 8.39. The van der Waals surface area contributed by atoms with Crippen molar-refractivity contribution in [3.05, 3.63) is 52.5 Å². The van der Waals surface area contributed by atoms with Crippen LogP contribution in [0.4, 0.5) is 0 Å². The number of thiophene rings is 1. The first-order chi connectivity index (χ1) is 12.7. The van der Waals surface area contributed by atoms with Gasteiger partial charge in [-0.3, -0.25) is 9.59 Å². The van der Waals surface area contributed by atoms with E-state index in [1.165, 1.54) is 11.3 Å². The van der Waals surface area contributed by atoms with Gasteiger partial charge >= 0.3 is 5.97 Å². The fraction of sp³-hybridized carbons (Fsp3) is 0.222. The Labute approximate surface area is 153 Å². The van der Waals surface area contributed by atoms with Crippen molar-refractivity contribution in [3.63, 3.8) is 0 Å². The van der Waals surface area contributed by atoms with Gasteiger partial charge in [0.05, 0.1) is 18.4 Å². The number of methoxy groups -OCH3 is 1. The van der Waals surface area contributed by atoms with Crippen molar-refractivity contribution < 1.29 is 23.6 Å². The third kappa shape index (κ3) is 4.54. The second-order valence-electron chi connectivity index (χ2n) is 5.30. The van der Waals surface area contributed by atoms with Gasteiger partial charge in [-0.15, -0.1) is 11.3 Å². The number of carbonyl (C=O) groups is 2. The number of Topliss-reactive ketones (excluding diaryl/α,β-unsaturated/α-hetero) is 1. The van der Waals surface area contributed by atoms with Gasteiger partial charge in [0.15, 0.2) is 12.4 Å². The van der Waals surface area contributed by atoms with Crippen LogP contribution in [0.2, 0.25) is 0 Å². The zero-order valence-corrected chi connectivity index (χ0v) is 14.8. The monoisotopic (exact) mass is 372 g/mol. The van der Waals surface area contributed by atoms with Crippen LogP contribution in [-0.2, 0) is 16.1 Å². The molecule has 3 aromatic rings. The maximum atomic E-state index is 11.8. The second-order valence-corrected chi connectivity index (χ2v) is 6.25. The Balaban J connectivity index is 1.50. The van der Waals surface area contributed by atoms with Gasteiger partial charge in [-0.1, -0.05) is 23.4 Å². The summed E-state index contributed by atoms with van der Waals surface area (Å²) in [5.41, 5.74) is 0.729. The normalized spacial score (nSPS) is 10.5. The molecule has 26 heavy (non-hydrogen) atoms. The molecular formula is C18H16N2O5S. The molecule has 2 heterocycles. The summed E-state index contributed by atoms with van der Waals surface area (Å²) < 4.78 is 15.3. The van der Waals surface area contributed by atoms with Crippen LogP contribution in [0.25, 0.3) is 11.4 Å². The molecule has 0 aliphatic heterocycles. The van der Waals surface area contributed by atoms with E-state index in [9.17, 15) is 9.59 Å². The smallest absolute Gasteiger partial charge is 0.306 e. The third-order valence-corrected chi connectivity index (χ3v) is 4.42. The third-order valence-electron chi connectivity index (χ3n) is 3.50. The number of rotatable bonds is 8. The Morgan fingerprint density at radius 2 is 2.08 bits per heavy atom. The molecule has 8 heteroatoms. The Kier molecular flexibility index (Phi) is 5.75. The molecule has 0 aliphatic rings. The molecule has 0 bridgehead atoms. The molecule has 0 radical (unpaired) electrons. The van der Waals surface area contributed by atoms with Gasteiger partial charge in [0.2, 0.25) is 5.82 Å². The van der Waals surface area contributed by atoms with Crippen molar-refractivity contribution in [2.45, 2.75) is 19.4 Å². The minimum atomic E-state index is -0.490. The van der Waals surface area contributed by atoms with Crippen molar-refractivity contribution >= 4 is 23.1 Å². The molecule has 3 rings (SSSR count). The molecule has 7 nitrogen and oxygen atoms in total. The average Bonchev–Trinajstić information content (AvgIpc) is 3.36. The molecule has 0 fully saturated rings. The van der Waals surface area contributed by atoms with Gasteiger partial charge < -0.3 is 14.0 Å². The number of ether oxygens (including phenoxy) is 2. The van der Waals surface area contributed by atoms with Crippen molar-refractivity contribution in [1.82, 2.24) is 10.1 Å². The van der Waals surface area contributed by atoms with Crippen molar-refractivity contribution in [3.8, 4) is 17.1 Å². The summed E-state index contributed by atoms with van der Waals surface area (Å²) in [6.07, 6.45) is 0.117. The maximum Gasteiger partial charge on any atom is 0.306 e. The predicted octanol–water partition coefficient (Wildman–Crippen LogP) is 3.51. The van der Waals surface area contributed by atoms with Crippen LogP contribution in [0.15, 0.2) is 46.3 Å². The first-order valence-electron chi connectivity index (χ1n) is 7.85. The van der Waals surface area contributed by atoms with Crippen LogP contribution in [0, 0.1) is 0 Å². The average molecular weight is 372 g/mol. The highest BCUT2D eigenvalue weighted by Gasteiger charge is 2.14. The standard InChI is InChI=1S/C18H16N2O5S/c1-23-13-5-2-4-12(10-13)18-19-16(25-20-18)11-24-17(22)8-7-14(21)15-6-3-9-26-15/h2-6,9-10H,7-8,11H2,1H3. The van der Waals surface area contributed by atoms with E-state index in [0.717, 1.165) is 5.56 Å². The van der Waals surface area contributed by atoms with Gasteiger partial charge in [-0.2, -0.15) is 4.98 Å². The van der Waals surface area contributed by atoms with Crippen LogP contribution in [0.5, 0.6) is 5.75 Å². The Hall–Kier alpha value is -3.00. The van der Waals surface area contributed by atoms with E-state index >= 15 is 0 Å². The lowest BCUT2D eigenvalue weighted by Gasteiger charge is -2.01. The Morgan fingerprint density at radius 3 is 2.85 bits per heavy atom. The van der Waals surface area contributed by atoms with Crippen molar-refractivity contribution in [2.24, 2.45) is 0 Å². The topological polar surface area (TPSA) is 91.5 Å². The van der Waals surface area contributed by atoms with Gasteiger partial charge in [0.25, 0.3) is 5.89 Å². The highest BCUT2D eigenvalue weighted by atomic mass is 32.1. The number of ketones is 1. The zero-order chi connectivity index (χ0) is 18.4. The summed E-state index contributed by atoms with van der Waals surface area (Å²) in [6.45, 7) is -0.136. The fourth-order valence-electron chi connectivity index (χ4n) is 2.18. The molecule has 0 unspecified atom stereocenters. The summed E-state index contributed by atoms with van der Waals surface area (Å²) in [5, 5.41) is 5.68. The number of hydrogen-bond donors (Lipinski definition) is 0. The number of aromatic nitrogens is 2. The van der Waals surface area contributed by atoms with Gasteiger partial charge in [-0.25, -0.2) is 0 Å². The maximum absolute atomic E-state index is 11.8. The number of benzene rings is 1. The molecular weight excluding hydrogens is 356 g/mol. The summed E-state index contributed by atoms with van der Waals surface area (Å²) in [7, 11) is 1.57. The Bertz CT molecular complexity index is 889. The van der Waals surface area contributed by atoms with E-state index in [0.29, 0.717) is 16.5 Å². The van der Waals surface area contributed by atoms with E-state index < -0.39 is 5.97 Å².